The van der Waals surface area contributed by atoms with Crippen LogP contribution in [-0.4, -0.2) is 45.4 Å². The van der Waals surface area contributed by atoms with Gasteiger partial charge in [0.05, 0.1) is 11.2 Å². The first-order valence-corrected chi connectivity index (χ1v) is 8.88. The summed E-state index contributed by atoms with van der Waals surface area (Å²) in [6, 6.07) is 0. The zero-order valence-electron chi connectivity index (χ0n) is 10.7. The van der Waals surface area contributed by atoms with Gasteiger partial charge in [0.2, 0.25) is 20.0 Å². The van der Waals surface area contributed by atoms with Gasteiger partial charge in [0, 0.05) is 12.1 Å². The molecule has 0 aliphatic carbocycles. The second-order valence-corrected chi connectivity index (χ2v) is 8.97. The lowest BCUT2D eigenvalue weighted by Gasteiger charge is -2.26. The minimum Gasteiger partial charge on any atom is -0.392 e. The molecule has 0 saturated heterocycles. The van der Waals surface area contributed by atoms with Crippen LogP contribution in [0.15, 0.2) is 0 Å². The van der Waals surface area contributed by atoms with Crippen molar-refractivity contribution in [1.82, 2.24) is 9.44 Å². The normalized spacial score (nSPS) is 15.3. The van der Waals surface area contributed by atoms with E-state index >= 15 is 0 Å². The molecule has 108 valence electrons. The van der Waals surface area contributed by atoms with Crippen molar-refractivity contribution in [3.8, 4) is 0 Å². The molecule has 0 aliphatic heterocycles. The van der Waals surface area contributed by atoms with E-state index in [0.29, 0.717) is 0 Å². The Balaban J connectivity index is 4.72. The summed E-state index contributed by atoms with van der Waals surface area (Å²) in [7, 11) is -7.12. The summed E-state index contributed by atoms with van der Waals surface area (Å²) in [5.41, 5.74) is 4.32. The van der Waals surface area contributed by atoms with Crippen LogP contribution in [0, 0.1) is 0 Å². The number of hydrogen-bond donors (Lipinski definition) is 3. The Labute approximate surface area is 114 Å². The summed E-state index contributed by atoms with van der Waals surface area (Å²) in [5, 5.41) is -1.01. The van der Waals surface area contributed by atoms with E-state index < -0.39 is 30.8 Å². The number of nitrogens with one attached hydrogen (secondary N) is 2. The summed E-state index contributed by atoms with van der Waals surface area (Å²) in [6.45, 7) is 4.38. The number of thiocarbonyl (C=S) groups is 1. The second kappa shape index (κ2) is 5.78. The first-order valence-electron chi connectivity index (χ1n) is 5.03. The van der Waals surface area contributed by atoms with Gasteiger partial charge < -0.3 is 5.73 Å². The van der Waals surface area contributed by atoms with Crippen molar-refractivity contribution in [3.05, 3.63) is 0 Å². The Morgan fingerprint density at radius 3 is 2.11 bits per heavy atom. The highest BCUT2D eigenvalue weighted by Crippen LogP contribution is 2.05. The molecular weight excluding hydrogens is 298 g/mol. The largest absolute Gasteiger partial charge is 0.392 e. The summed E-state index contributed by atoms with van der Waals surface area (Å²) >= 11 is 4.61. The molecule has 0 aromatic rings. The molecule has 4 N–H and O–H groups in total. The number of rotatable bonds is 7. The van der Waals surface area contributed by atoms with Crippen molar-refractivity contribution in [3.63, 3.8) is 0 Å². The summed E-state index contributed by atoms with van der Waals surface area (Å²) in [5.74, 6) is 0. The first kappa shape index (κ1) is 17.7. The SMILES string of the molecule is CC(C(N)=S)S(=O)(=O)NCC(C)(C)NS(C)(=O)=O. The van der Waals surface area contributed by atoms with Gasteiger partial charge in [-0.15, -0.1) is 0 Å². The topological polar surface area (TPSA) is 118 Å². The standard InChI is InChI=1S/C8H19N3O4S3/c1-6(7(9)16)18(14,15)10-5-8(2,3)11-17(4,12)13/h6,10-11H,5H2,1-4H3,(H2,9,16). The molecule has 7 nitrogen and oxygen atoms in total. The summed E-state index contributed by atoms with van der Waals surface area (Å²) in [6.07, 6.45) is 1.00. The fourth-order valence-electron chi connectivity index (χ4n) is 1.10. The van der Waals surface area contributed by atoms with Crippen LogP contribution >= 0.6 is 12.2 Å². The Hall–Kier alpha value is -0.290. The van der Waals surface area contributed by atoms with Crippen molar-refractivity contribution < 1.29 is 16.8 Å². The van der Waals surface area contributed by atoms with E-state index in [1.165, 1.54) is 6.92 Å². The number of nitrogens with two attached hydrogens (primary N) is 1. The van der Waals surface area contributed by atoms with E-state index in [-0.39, 0.29) is 11.5 Å². The highest BCUT2D eigenvalue weighted by Gasteiger charge is 2.28. The molecule has 18 heavy (non-hydrogen) atoms. The molecular formula is C8H19N3O4S3. The molecule has 0 rings (SSSR count). The number of sulfonamides is 2. The highest BCUT2D eigenvalue weighted by molar-refractivity contribution is 7.93. The number of hydrogen-bond acceptors (Lipinski definition) is 5. The Morgan fingerprint density at radius 2 is 1.78 bits per heavy atom. The van der Waals surface area contributed by atoms with Crippen molar-refractivity contribution in [2.24, 2.45) is 5.73 Å². The van der Waals surface area contributed by atoms with Gasteiger partial charge in [0.25, 0.3) is 0 Å². The van der Waals surface area contributed by atoms with Crippen LogP contribution in [-0.2, 0) is 20.0 Å². The minimum atomic E-state index is -3.70. The van der Waals surface area contributed by atoms with E-state index in [1.54, 1.807) is 13.8 Å². The zero-order chi connectivity index (χ0) is 14.8. The predicted octanol–water partition coefficient (Wildman–Crippen LogP) is -1.09. The highest BCUT2D eigenvalue weighted by atomic mass is 32.2. The van der Waals surface area contributed by atoms with E-state index in [0.717, 1.165) is 6.26 Å². The van der Waals surface area contributed by atoms with Crippen LogP contribution in [0.2, 0.25) is 0 Å². The van der Waals surface area contributed by atoms with Crippen LogP contribution in [0.4, 0.5) is 0 Å². The van der Waals surface area contributed by atoms with Crippen LogP contribution in [0.5, 0.6) is 0 Å². The molecule has 0 fully saturated rings. The van der Waals surface area contributed by atoms with Crippen molar-refractivity contribution in [1.29, 1.82) is 0 Å². The zero-order valence-corrected chi connectivity index (χ0v) is 13.2. The fourth-order valence-corrected chi connectivity index (χ4v) is 3.67. The molecule has 0 spiro atoms. The molecule has 0 aromatic carbocycles. The van der Waals surface area contributed by atoms with Crippen LogP contribution in [0.1, 0.15) is 20.8 Å². The maximum Gasteiger partial charge on any atom is 0.220 e. The summed E-state index contributed by atoms with van der Waals surface area (Å²) in [4.78, 5) is -0.142. The predicted molar refractivity (Wildman–Crippen MR) is 75.2 cm³/mol. The molecule has 0 aliphatic rings. The van der Waals surface area contributed by atoms with Crippen molar-refractivity contribution in [2.75, 3.05) is 12.8 Å². The molecule has 0 saturated carbocycles. The quantitative estimate of drug-likeness (QED) is 0.513. The lowest BCUT2D eigenvalue weighted by molar-refractivity contribution is 0.445. The first-order chi connectivity index (χ1) is 7.77. The van der Waals surface area contributed by atoms with Crippen molar-refractivity contribution in [2.45, 2.75) is 31.6 Å². The van der Waals surface area contributed by atoms with Crippen LogP contribution < -0.4 is 15.2 Å². The summed E-state index contributed by atoms with van der Waals surface area (Å²) < 4.78 is 50.2. The van der Waals surface area contributed by atoms with Crippen LogP contribution in [0.25, 0.3) is 0 Å². The molecule has 0 radical (unpaired) electrons. The third-order valence-electron chi connectivity index (χ3n) is 2.04. The third kappa shape index (κ3) is 6.59. The van der Waals surface area contributed by atoms with Gasteiger partial charge in [-0.1, -0.05) is 12.2 Å². The van der Waals surface area contributed by atoms with Crippen molar-refractivity contribution >= 4 is 37.3 Å². The average molecular weight is 317 g/mol. The van der Waals surface area contributed by atoms with E-state index in [4.69, 9.17) is 5.73 Å². The smallest absolute Gasteiger partial charge is 0.220 e. The van der Waals surface area contributed by atoms with E-state index in [9.17, 15) is 16.8 Å². The van der Waals surface area contributed by atoms with Gasteiger partial charge in [-0.3, -0.25) is 0 Å². The molecule has 1 atom stereocenters. The molecule has 0 heterocycles. The van der Waals surface area contributed by atoms with E-state index in [1.807, 2.05) is 0 Å². The molecule has 10 heteroatoms. The Bertz CT molecular complexity index is 510. The maximum absolute atomic E-state index is 11.7. The third-order valence-corrected chi connectivity index (χ3v) is 5.20. The van der Waals surface area contributed by atoms with E-state index in [2.05, 4.69) is 21.7 Å². The lowest BCUT2D eigenvalue weighted by Crippen LogP contribution is -2.52. The minimum absolute atomic E-state index is 0.102. The molecule has 0 bridgehead atoms. The van der Waals surface area contributed by atoms with Gasteiger partial charge in [0.15, 0.2) is 0 Å². The maximum atomic E-state index is 11.7. The van der Waals surface area contributed by atoms with Gasteiger partial charge in [-0.05, 0) is 20.8 Å². The van der Waals surface area contributed by atoms with Gasteiger partial charge in [0.1, 0.15) is 5.25 Å². The molecule has 0 aromatic heterocycles. The average Bonchev–Trinajstić information content (AvgIpc) is 2.10. The van der Waals surface area contributed by atoms with Gasteiger partial charge in [-0.25, -0.2) is 26.3 Å². The van der Waals surface area contributed by atoms with Gasteiger partial charge in [-0.2, -0.15) is 0 Å². The van der Waals surface area contributed by atoms with Gasteiger partial charge >= 0.3 is 0 Å². The Kier molecular flexibility index (Phi) is 5.69. The monoisotopic (exact) mass is 317 g/mol. The second-order valence-electron chi connectivity index (χ2n) is 4.67. The lowest BCUT2D eigenvalue weighted by atomic mass is 10.1. The fraction of sp³-hybridized carbons (Fsp3) is 0.875. The Morgan fingerprint density at radius 1 is 1.33 bits per heavy atom. The molecule has 0 amide bonds. The molecule has 1 unspecified atom stereocenters. The van der Waals surface area contributed by atoms with Crippen LogP contribution in [0.3, 0.4) is 0 Å².